The lowest BCUT2D eigenvalue weighted by atomic mass is 10.0. The number of nitrogens with two attached hydrogens (primary N) is 1. The average molecular weight is 336 g/mol. The SMILES string of the molecule is Nc1cccnc1NC1CCN(C(=O)c2nc3ccccc3[nH]2)CC1. The normalized spacial score (nSPS) is 15.4. The molecule has 1 aliphatic heterocycles. The number of aromatic nitrogens is 3. The number of likely N-dealkylation sites (tertiary alicyclic amines) is 1. The molecule has 4 rings (SSSR count). The summed E-state index contributed by atoms with van der Waals surface area (Å²) in [7, 11) is 0. The Hall–Kier alpha value is -3.09. The Morgan fingerprint density at radius 3 is 2.76 bits per heavy atom. The van der Waals surface area contributed by atoms with E-state index in [4.69, 9.17) is 5.73 Å². The fourth-order valence-corrected chi connectivity index (χ4v) is 3.16. The maximum absolute atomic E-state index is 12.7. The Balaban J connectivity index is 1.39. The van der Waals surface area contributed by atoms with Gasteiger partial charge in [0.05, 0.1) is 16.7 Å². The standard InChI is InChI=1S/C18H20N6O/c19-13-4-3-9-20-16(13)21-12-7-10-24(11-8-12)18(25)17-22-14-5-1-2-6-15(14)23-17/h1-6,9,12H,7-8,10-11,19H2,(H,20,21)(H,22,23). The lowest BCUT2D eigenvalue weighted by Gasteiger charge is -2.32. The van der Waals surface area contributed by atoms with E-state index in [1.807, 2.05) is 41.3 Å². The van der Waals surface area contributed by atoms with Crippen molar-refractivity contribution in [2.45, 2.75) is 18.9 Å². The van der Waals surface area contributed by atoms with Crippen LogP contribution in [0.25, 0.3) is 11.0 Å². The number of carbonyl (C=O) groups is 1. The number of para-hydroxylation sites is 2. The van der Waals surface area contributed by atoms with Crippen molar-refractivity contribution in [3.63, 3.8) is 0 Å². The van der Waals surface area contributed by atoms with Gasteiger partial charge in [0.1, 0.15) is 5.82 Å². The highest BCUT2D eigenvalue weighted by Crippen LogP contribution is 2.20. The smallest absolute Gasteiger partial charge is 0.289 e. The highest BCUT2D eigenvalue weighted by atomic mass is 16.2. The van der Waals surface area contributed by atoms with E-state index in [0.29, 0.717) is 30.4 Å². The molecule has 3 aromatic rings. The maximum Gasteiger partial charge on any atom is 0.289 e. The first-order valence-corrected chi connectivity index (χ1v) is 8.42. The zero-order chi connectivity index (χ0) is 17.2. The number of nitrogens with zero attached hydrogens (tertiary/aromatic N) is 3. The predicted octanol–water partition coefficient (Wildman–Crippen LogP) is 2.26. The fourth-order valence-electron chi connectivity index (χ4n) is 3.16. The molecule has 2 aromatic heterocycles. The summed E-state index contributed by atoms with van der Waals surface area (Å²) in [6.07, 6.45) is 3.42. The number of carbonyl (C=O) groups excluding carboxylic acids is 1. The predicted molar refractivity (Wildman–Crippen MR) is 97.3 cm³/mol. The Kier molecular flexibility index (Phi) is 3.97. The van der Waals surface area contributed by atoms with Crippen molar-refractivity contribution in [1.29, 1.82) is 0 Å². The molecule has 7 heteroatoms. The molecule has 0 aliphatic carbocycles. The summed E-state index contributed by atoms with van der Waals surface area (Å²) in [5.74, 6) is 1.07. The van der Waals surface area contributed by atoms with Crippen LogP contribution in [0.4, 0.5) is 11.5 Å². The van der Waals surface area contributed by atoms with Gasteiger partial charge in [0, 0.05) is 25.3 Å². The number of amides is 1. The van der Waals surface area contributed by atoms with Gasteiger partial charge >= 0.3 is 0 Å². The van der Waals surface area contributed by atoms with Crippen molar-refractivity contribution in [3.05, 3.63) is 48.4 Å². The molecule has 1 aliphatic rings. The minimum atomic E-state index is -0.0491. The molecular formula is C18H20N6O. The van der Waals surface area contributed by atoms with Crippen molar-refractivity contribution < 1.29 is 4.79 Å². The third-order valence-electron chi connectivity index (χ3n) is 4.55. The van der Waals surface area contributed by atoms with E-state index in [0.717, 1.165) is 23.9 Å². The Morgan fingerprint density at radius 2 is 2.00 bits per heavy atom. The Labute approximate surface area is 145 Å². The van der Waals surface area contributed by atoms with Crippen LogP contribution in [0, 0.1) is 0 Å². The molecule has 3 heterocycles. The first kappa shape index (κ1) is 15.4. The summed E-state index contributed by atoms with van der Waals surface area (Å²) in [5, 5.41) is 3.37. The molecule has 0 atom stereocenters. The molecule has 128 valence electrons. The fraction of sp³-hybridized carbons (Fsp3) is 0.278. The molecule has 1 fully saturated rings. The summed E-state index contributed by atoms with van der Waals surface area (Å²) < 4.78 is 0. The number of piperidine rings is 1. The monoisotopic (exact) mass is 336 g/mol. The van der Waals surface area contributed by atoms with Gasteiger partial charge in [-0.15, -0.1) is 0 Å². The summed E-state index contributed by atoms with van der Waals surface area (Å²) in [4.78, 5) is 26.3. The van der Waals surface area contributed by atoms with Gasteiger partial charge in [-0.25, -0.2) is 9.97 Å². The molecular weight excluding hydrogens is 316 g/mol. The minimum Gasteiger partial charge on any atom is -0.396 e. The molecule has 1 saturated heterocycles. The number of aromatic amines is 1. The summed E-state index contributed by atoms with van der Waals surface area (Å²) in [6, 6.07) is 11.6. The van der Waals surface area contributed by atoms with E-state index in [2.05, 4.69) is 20.3 Å². The van der Waals surface area contributed by atoms with Gasteiger partial charge in [-0.3, -0.25) is 4.79 Å². The molecule has 4 N–H and O–H groups in total. The average Bonchev–Trinajstić information content (AvgIpc) is 3.08. The zero-order valence-corrected chi connectivity index (χ0v) is 13.8. The van der Waals surface area contributed by atoms with Crippen molar-refractivity contribution in [1.82, 2.24) is 19.9 Å². The quantitative estimate of drug-likeness (QED) is 0.681. The van der Waals surface area contributed by atoms with Crippen molar-refractivity contribution in [3.8, 4) is 0 Å². The van der Waals surface area contributed by atoms with Crippen molar-refractivity contribution >= 4 is 28.4 Å². The van der Waals surface area contributed by atoms with E-state index >= 15 is 0 Å². The first-order valence-electron chi connectivity index (χ1n) is 8.42. The van der Waals surface area contributed by atoms with Crippen LogP contribution in [-0.2, 0) is 0 Å². The number of benzene rings is 1. The van der Waals surface area contributed by atoms with Gasteiger partial charge < -0.3 is 20.9 Å². The number of fused-ring (bicyclic) bond motifs is 1. The number of pyridine rings is 1. The largest absolute Gasteiger partial charge is 0.396 e. The Morgan fingerprint density at radius 1 is 1.20 bits per heavy atom. The lowest BCUT2D eigenvalue weighted by Crippen LogP contribution is -2.42. The van der Waals surface area contributed by atoms with Gasteiger partial charge in [0.2, 0.25) is 0 Å². The molecule has 0 saturated carbocycles. The van der Waals surface area contributed by atoms with Gasteiger partial charge in [-0.05, 0) is 37.1 Å². The summed E-state index contributed by atoms with van der Waals surface area (Å²) in [5.41, 5.74) is 8.26. The highest BCUT2D eigenvalue weighted by Gasteiger charge is 2.25. The number of hydrogen-bond donors (Lipinski definition) is 3. The molecule has 0 spiro atoms. The Bertz CT molecular complexity index is 864. The van der Waals surface area contributed by atoms with Gasteiger partial charge in [0.15, 0.2) is 5.82 Å². The van der Waals surface area contributed by atoms with Crippen molar-refractivity contribution in [2.24, 2.45) is 0 Å². The first-order chi connectivity index (χ1) is 12.2. The van der Waals surface area contributed by atoms with Gasteiger partial charge in [0.25, 0.3) is 5.91 Å². The second-order valence-electron chi connectivity index (χ2n) is 6.25. The molecule has 25 heavy (non-hydrogen) atoms. The summed E-state index contributed by atoms with van der Waals surface area (Å²) >= 11 is 0. The van der Waals surface area contributed by atoms with Crippen LogP contribution in [-0.4, -0.2) is 44.9 Å². The summed E-state index contributed by atoms with van der Waals surface area (Å²) in [6.45, 7) is 1.36. The molecule has 0 unspecified atom stereocenters. The lowest BCUT2D eigenvalue weighted by molar-refractivity contribution is 0.0707. The number of imidazole rings is 1. The van der Waals surface area contributed by atoms with E-state index in [1.54, 1.807) is 6.20 Å². The molecule has 0 bridgehead atoms. The second-order valence-corrected chi connectivity index (χ2v) is 6.25. The zero-order valence-electron chi connectivity index (χ0n) is 13.8. The van der Waals surface area contributed by atoms with Crippen LogP contribution in [0.2, 0.25) is 0 Å². The van der Waals surface area contributed by atoms with E-state index < -0.39 is 0 Å². The second kappa shape index (κ2) is 6.43. The number of nitrogens with one attached hydrogen (secondary N) is 2. The van der Waals surface area contributed by atoms with Crippen LogP contribution >= 0.6 is 0 Å². The van der Waals surface area contributed by atoms with E-state index in [-0.39, 0.29) is 11.9 Å². The van der Waals surface area contributed by atoms with Crippen LogP contribution in [0.5, 0.6) is 0 Å². The van der Waals surface area contributed by atoms with Crippen molar-refractivity contribution in [2.75, 3.05) is 24.1 Å². The molecule has 1 aromatic carbocycles. The van der Waals surface area contributed by atoms with Crippen LogP contribution in [0.15, 0.2) is 42.6 Å². The molecule has 0 radical (unpaired) electrons. The third-order valence-corrected chi connectivity index (χ3v) is 4.55. The van der Waals surface area contributed by atoms with Gasteiger partial charge in [-0.2, -0.15) is 0 Å². The number of anilines is 2. The van der Waals surface area contributed by atoms with Gasteiger partial charge in [-0.1, -0.05) is 12.1 Å². The third kappa shape index (κ3) is 3.13. The highest BCUT2D eigenvalue weighted by molar-refractivity contribution is 5.94. The minimum absolute atomic E-state index is 0.0491. The number of hydrogen-bond acceptors (Lipinski definition) is 5. The van der Waals surface area contributed by atoms with E-state index in [1.165, 1.54) is 0 Å². The maximum atomic E-state index is 12.7. The van der Waals surface area contributed by atoms with Crippen LogP contribution in [0.3, 0.4) is 0 Å². The van der Waals surface area contributed by atoms with Crippen LogP contribution in [0.1, 0.15) is 23.5 Å². The van der Waals surface area contributed by atoms with E-state index in [9.17, 15) is 4.79 Å². The molecule has 7 nitrogen and oxygen atoms in total. The molecule has 1 amide bonds. The number of rotatable bonds is 3. The number of nitrogen functional groups attached to an aromatic ring is 1. The topological polar surface area (TPSA) is 99.9 Å². The van der Waals surface area contributed by atoms with Crippen LogP contribution < -0.4 is 11.1 Å². The number of H-pyrrole nitrogens is 1.